The van der Waals surface area contributed by atoms with E-state index >= 15 is 0 Å². The first-order valence-corrected chi connectivity index (χ1v) is 10.7. The Morgan fingerprint density at radius 3 is 2.45 bits per heavy atom. The first kappa shape index (κ1) is 20.6. The third kappa shape index (κ3) is 4.75. The normalized spacial score (nSPS) is 11.3. The van der Waals surface area contributed by atoms with Gasteiger partial charge in [0.1, 0.15) is 0 Å². The number of nitro benzene ring substituents is 1. The van der Waals surface area contributed by atoms with Crippen molar-refractivity contribution in [2.75, 3.05) is 11.4 Å². The molecule has 4 aromatic rings. The quantitative estimate of drug-likeness (QED) is 0.180. The smallest absolute Gasteiger partial charge is 0.270 e. The molecule has 0 aliphatic carbocycles. The molecule has 0 atom stereocenters. The average Bonchev–Trinajstić information content (AvgIpc) is 3.20. The van der Waals surface area contributed by atoms with Crippen LogP contribution in [0.4, 0.5) is 22.1 Å². The van der Waals surface area contributed by atoms with E-state index in [0.717, 1.165) is 18.8 Å². The number of benzene rings is 3. The van der Waals surface area contributed by atoms with Gasteiger partial charge in [0.2, 0.25) is 0 Å². The fourth-order valence-electron chi connectivity index (χ4n) is 3.24. The van der Waals surface area contributed by atoms with Gasteiger partial charge in [-0.1, -0.05) is 29.8 Å². The zero-order chi connectivity index (χ0) is 21.8. The first-order chi connectivity index (χ1) is 15.0. The van der Waals surface area contributed by atoms with Crippen molar-refractivity contribution in [3.05, 3.63) is 88.0 Å². The molecule has 0 radical (unpaired) electrons. The number of fused-ring (bicyclic) bond motifs is 1. The Bertz CT molecular complexity index is 1230. The van der Waals surface area contributed by atoms with Gasteiger partial charge in [-0.2, -0.15) is 4.37 Å². The molecule has 4 rings (SSSR count). The van der Waals surface area contributed by atoms with Crippen LogP contribution in [0.5, 0.6) is 0 Å². The molecule has 0 saturated carbocycles. The topological polar surface area (TPSA) is 84.0 Å². The van der Waals surface area contributed by atoms with Crippen LogP contribution in [0.15, 0.2) is 77.0 Å². The maximum Gasteiger partial charge on any atom is 0.270 e. The summed E-state index contributed by atoms with van der Waals surface area (Å²) in [6.45, 7) is 5.95. The highest BCUT2D eigenvalue weighted by atomic mass is 32.1. The summed E-state index contributed by atoms with van der Waals surface area (Å²) in [6, 6.07) is 21.0. The summed E-state index contributed by atoms with van der Waals surface area (Å²) in [7, 11) is 0. The van der Waals surface area contributed by atoms with E-state index in [1.54, 1.807) is 6.07 Å². The third-order valence-electron chi connectivity index (χ3n) is 5.00. The van der Waals surface area contributed by atoms with Crippen LogP contribution in [-0.2, 0) is 6.54 Å². The van der Waals surface area contributed by atoms with E-state index in [0.29, 0.717) is 21.6 Å². The fourth-order valence-corrected chi connectivity index (χ4v) is 3.92. The lowest BCUT2D eigenvalue weighted by Crippen LogP contribution is -2.21. The van der Waals surface area contributed by atoms with Crippen LogP contribution in [0.25, 0.3) is 10.9 Å². The van der Waals surface area contributed by atoms with Gasteiger partial charge < -0.3 is 4.90 Å². The van der Waals surface area contributed by atoms with Crippen molar-refractivity contribution in [2.45, 2.75) is 20.4 Å². The van der Waals surface area contributed by atoms with E-state index in [2.05, 4.69) is 57.6 Å². The number of nitrogens with zero attached hydrogens (tertiary/aromatic N) is 5. The predicted molar refractivity (Wildman–Crippen MR) is 125 cm³/mol. The second-order valence-electron chi connectivity index (χ2n) is 7.16. The second kappa shape index (κ2) is 9.01. The molecule has 1 aromatic heterocycles. The predicted octanol–water partition coefficient (Wildman–Crippen LogP) is 6.95. The minimum absolute atomic E-state index is 0.0155. The van der Waals surface area contributed by atoms with E-state index in [-0.39, 0.29) is 5.69 Å². The minimum Gasteiger partial charge on any atom is -0.367 e. The number of non-ortho nitro benzene ring substituents is 1. The Morgan fingerprint density at radius 1 is 1.03 bits per heavy atom. The number of rotatable bonds is 7. The molecule has 3 aromatic carbocycles. The molecule has 8 heteroatoms. The van der Waals surface area contributed by atoms with Crippen LogP contribution in [-0.4, -0.2) is 15.8 Å². The van der Waals surface area contributed by atoms with Gasteiger partial charge in [0.25, 0.3) is 5.69 Å². The van der Waals surface area contributed by atoms with Crippen molar-refractivity contribution in [1.82, 2.24) is 4.37 Å². The molecule has 0 unspecified atom stereocenters. The Balaban J connectivity index is 1.51. The molecule has 7 nitrogen and oxygen atoms in total. The molecule has 0 fully saturated rings. The molecule has 31 heavy (non-hydrogen) atoms. The monoisotopic (exact) mass is 431 g/mol. The van der Waals surface area contributed by atoms with Crippen LogP contribution in [0.1, 0.15) is 18.1 Å². The van der Waals surface area contributed by atoms with Gasteiger partial charge in [-0.05, 0) is 61.3 Å². The summed E-state index contributed by atoms with van der Waals surface area (Å²) in [6.07, 6.45) is 0. The Kier molecular flexibility index (Phi) is 5.99. The van der Waals surface area contributed by atoms with Gasteiger partial charge in [-0.3, -0.25) is 10.1 Å². The van der Waals surface area contributed by atoms with E-state index in [1.165, 1.54) is 34.8 Å². The van der Waals surface area contributed by atoms with Gasteiger partial charge in [0.05, 0.1) is 16.1 Å². The van der Waals surface area contributed by atoms with E-state index in [1.807, 2.05) is 24.3 Å². The molecular weight excluding hydrogens is 410 g/mol. The number of nitro groups is 1. The lowest BCUT2D eigenvalue weighted by molar-refractivity contribution is -0.384. The number of aromatic nitrogens is 1. The molecule has 0 aliphatic heterocycles. The molecule has 0 bridgehead atoms. The van der Waals surface area contributed by atoms with Gasteiger partial charge in [0, 0.05) is 36.3 Å². The number of aryl methyl sites for hydroxylation is 1. The minimum atomic E-state index is -0.424. The Morgan fingerprint density at radius 2 is 1.77 bits per heavy atom. The molecule has 0 aliphatic rings. The summed E-state index contributed by atoms with van der Waals surface area (Å²) < 4.78 is 4.28. The van der Waals surface area contributed by atoms with Crippen molar-refractivity contribution in [3.8, 4) is 0 Å². The van der Waals surface area contributed by atoms with Crippen LogP contribution in [0, 0.1) is 17.0 Å². The van der Waals surface area contributed by atoms with Crippen molar-refractivity contribution >= 4 is 44.5 Å². The van der Waals surface area contributed by atoms with E-state index in [9.17, 15) is 10.1 Å². The van der Waals surface area contributed by atoms with Crippen LogP contribution in [0.3, 0.4) is 0 Å². The highest BCUT2D eigenvalue weighted by molar-refractivity contribution is 7.11. The largest absolute Gasteiger partial charge is 0.367 e. The summed E-state index contributed by atoms with van der Waals surface area (Å²) in [4.78, 5) is 12.9. The lowest BCUT2D eigenvalue weighted by atomic mass is 10.1. The SMILES string of the molecule is CCN(Cc1ccc(C)cc1)c1ccc(N=Nc2snc3ccc([N+](=O)[O-])cc23)cc1. The molecule has 0 saturated heterocycles. The summed E-state index contributed by atoms with van der Waals surface area (Å²) >= 11 is 1.18. The highest BCUT2D eigenvalue weighted by Crippen LogP contribution is 2.34. The Hall–Kier alpha value is -3.65. The third-order valence-corrected chi connectivity index (χ3v) is 5.76. The van der Waals surface area contributed by atoms with Crippen molar-refractivity contribution in [1.29, 1.82) is 0 Å². The zero-order valence-electron chi connectivity index (χ0n) is 17.2. The average molecular weight is 432 g/mol. The summed E-state index contributed by atoms with van der Waals surface area (Å²) in [5, 5.41) is 20.8. The summed E-state index contributed by atoms with van der Waals surface area (Å²) in [5.74, 6) is 0. The van der Waals surface area contributed by atoms with E-state index < -0.39 is 4.92 Å². The van der Waals surface area contributed by atoms with Gasteiger partial charge in [-0.25, -0.2) is 0 Å². The first-order valence-electron chi connectivity index (χ1n) is 9.89. The number of azo groups is 1. The number of hydrogen-bond acceptors (Lipinski definition) is 7. The summed E-state index contributed by atoms with van der Waals surface area (Å²) in [5.41, 5.74) is 5.03. The van der Waals surface area contributed by atoms with Gasteiger partial charge >= 0.3 is 0 Å². The Labute approximate surface area is 184 Å². The van der Waals surface area contributed by atoms with Crippen LogP contribution >= 0.6 is 11.5 Å². The van der Waals surface area contributed by atoms with Crippen molar-refractivity contribution < 1.29 is 4.92 Å². The number of anilines is 1. The van der Waals surface area contributed by atoms with Crippen LogP contribution < -0.4 is 4.90 Å². The van der Waals surface area contributed by atoms with Gasteiger partial charge in [0.15, 0.2) is 5.00 Å². The zero-order valence-corrected chi connectivity index (χ0v) is 18.0. The molecular formula is C23H21N5O2S. The molecule has 1 heterocycles. The molecule has 0 spiro atoms. The fraction of sp³-hybridized carbons (Fsp3) is 0.174. The standard InChI is InChI=1S/C23H21N5O2S/c1-3-27(15-17-6-4-16(2)5-7-17)19-10-8-18(9-11-19)24-25-23-21-14-20(28(29)30)12-13-22(21)26-31-23/h4-14H,3,15H2,1-2H3. The maximum atomic E-state index is 11.0. The molecule has 0 amide bonds. The van der Waals surface area contributed by atoms with Crippen molar-refractivity contribution in [3.63, 3.8) is 0 Å². The van der Waals surface area contributed by atoms with Crippen molar-refractivity contribution in [2.24, 2.45) is 10.2 Å². The number of hydrogen-bond donors (Lipinski definition) is 0. The van der Waals surface area contributed by atoms with Crippen LogP contribution in [0.2, 0.25) is 0 Å². The molecule has 156 valence electrons. The lowest BCUT2D eigenvalue weighted by Gasteiger charge is -2.23. The van der Waals surface area contributed by atoms with Gasteiger partial charge in [-0.15, -0.1) is 10.2 Å². The maximum absolute atomic E-state index is 11.0. The second-order valence-corrected chi connectivity index (χ2v) is 7.91. The van der Waals surface area contributed by atoms with E-state index in [4.69, 9.17) is 0 Å². The molecule has 0 N–H and O–H groups in total. The highest BCUT2D eigenvalue weighted by Gasteiger charge is 2.12.